The van der Waals surface area contributed by atoms with Crippen molar-refractivity contribution in [3.05, 3.63) is 44.3 Å². The van der Waals surface area contributed by atoms with Crippen molar-refractivity contribution in [2.75, 3.05) is 12.3 Å². The molecule has 0 aliphatic carbocycles. The molecule has 0 N–H and O–H groups in total. The molecule has 5 heteroatoms. The first kappa shape index (κ1) is 13.2. The number of carbonyl (C=O) groups is 1. The molecule has 0 spiro atoms. The number of thioether (sulfide) groups is 1. The number of thiophene rings is 2. The summed E-state index contributed by atoms with van der Waals surface area (Å²) in [5, 5.41) is 2.26. The number of carbonyl (C=O) groups excluding carboxylic acids is 1. The molecule has 100 valence electrons. The van der Waals surface area contributed by atoms with Crippen LogP contribution in [0.15, 0.2) is 29.6 Å². The lowest BCUT2D eigenvalue weighted by atomic mass is 10.3. The van der Waals surface area contributed by atoms with Crippen molar-refractivity contribution in [3.63, 3.8) is 0 Å². The highest BCUT2D eigenvalue weighted by molar-refractivity contribution is 7.99. The number of nitrogens with zero attached hydrogens (tertiary/aromatic N) is 1. The van der Waals surface area contributed by atoms with E-state index in [1.54, 1.807) is 22.7 Å². The molecule has 2 aromatic rings. The fourth-order valence-electron chi connectivity index (χ4n) is 2.21. The SMILES string of the molecule is Cc1ccc(C2SCCN2C(=O)Cc2cccs2)s1. The number of hydrogen-bond acceptors (Lipinski definition) is 4. The van der Waals surface area contributed by atoms with Gasteiger partial charge in [0.15, 0.2) is 0 Å². The zero-order valence-corrected chi connectivity index (χ0v) is 13.1. The molecular weight excluding hydrogens is 294 g/mol. The molecular formula is C14H15NOS3. The molecule has 0 radical (unpaired) electrons. The van der Waals surface area contributed by atoms with Crippen LogP contribution in [-0.2, 0) is 11.2 Å². The Labute approximate surface area is 125 Å². The standard InChI is InChI=1S/C14H15NOS3/c1-10-4-5-12(19-10)14-15(6-8-18-14)13(16)9-11-3-2-7-17-11/h2-5,7,14H,6,8-9H2,1H3. The molecule has 0 bridgehead atoms. The molecule has 1 atom stereocenters. The van der Waals surface area contributed by atoms with E-state index < -0.39 is 0 Å². The first-order valence-corrected chi connectivity index (χ1v) is 8.98. The van der Waals surface area contributed by atoms with Crippen molar-refractivity contribution in [3.8, 4) is 0 Å². The average molecular weight is 309 g/mol. The second kappa shape index (κ2) is 5.69. The monoisotopic (exact) mass is 309 g/mol. The Morgan fingerprint density at radius 3 is 3.00 bits per heavy atom. The Kier molecular flexibility index (Phi) is 3.96. The van der Waals surface area contributed by atoms with Crippen LogP contribution >= 0.6 is 34.4 Å². The van der Waals surface area contributed by atoms with Gasteiger partial charge in [-0.2, -0.15) is 0 Å². The smallest absolute Gasteiger partial charge is 0.229 e. The van der Waals surface area contributed by atoms with E-state index >= 15 is 0 Å². The maximum absolute atomic E-state index is 12.4. The molecule has 1 aliphatic heterocycles. The predicted octanol–water partition coefficient (Wildman–Crippen LogP) is 3.93. The van der Waals surface area contributed by atoms with Crippen LogP contribution in [-0.4, -0.2) is 23.1 Å². The van der Waals surface area contributed by atoms with Gasteiger partial charge in [0.2, 0.25) is 5.91 Å². The Morgan fingerprint density at radius 1 is 1.42 bits per heavy atom. The quantitative estimate of drug-likeness (QED) is 0.856. The van der Waals surface area contributed by atoms with Crippen LogP contribution in [0.3, 0.4) is 0 Å². The minimum absolute atomic E-state index is 0.228. The van der Waals surface area contributed by atoms with Crippen molar-refractivity contribution in [2.24, 2.45) is 0 Å². The Hall–Kier alpha value is -0.780. The molecule has 2 aromatic heterocycles. The molecule has 1 fully saturated rings. The Balaban J connectivity index is 1.74. The van der Waals surface area contributed by atoms with Gasteiger partial charge in [0.25, 0.3) is 0 Å². The zero-order chi connectivity index (χ0) is 13.2. The lowest BCUT2D eigenvalue weighted by Crippen LogP contribution is -2.31. The van der Waals surface area contributed by atoms with Gasteiger partial charge in [-0.15, -0.1) is 34.4 Å². The summed E-state index contributed by atoms with van der Waals surface area (Å²) in [5.41, 5.74) is 0. The van der Waals surface area contributed by atoms with Gasteiger partial charge in [-0.25, -0.2) is 0 Å². The maximum atomic E-state index is 12.4. The maximum Gasteiger partial charge on any atom is 0.229 e. The first-order chi connectivity index (χ1) is 9.24. The number of amides is 1. The minimum atomic E-state index is 0.228. The predicted molar refractivity (Wildman–Crippen MR) is 84.0 cm³/mol. The largest absolute Gasteiger partial charge is 0.325 e. The van der Waals surface area contributed by atoms with Crippen molar-refractivity contribution < 1.29 is 4.79 Å². The van der Waals surface area contributed by atoms with E-state index in [-0.39, 0.29) is 11.3 Å². The summed E-state index contributed by atoms with van der Waals surface area (Å²) in [6, 6.07) is 8.34. The van der Waals surface area contributed by atoms with E-state index in [9.17, 15) is 4.79 Å². The third-order valence-corrected chi connectivity index (χ3v) is 6.44. The molecule has 0 saturated carbocycles. The molecule has 0 aromatic carbocycles. The van der Waals surface area contributed by atoms with Gasteiger partial charge in [0, 0.05) is 26.9 Å². The van der Waals surface area contributed by atoms with E-state index in [2.05, 4.69) is 19.1 Å². The van der Waals surface area contributed by atoms with E-state index in [1.807, 2.05) is 34.2 Å². The number of rotatable bonds is 3. The van der Waals surface area contributed by atoms with Crippen molar-refractivity contribution in [1.82, 2.24) is 4.90 Å². The van der Waals surface area contributed by atoms with Crippen LogP contribution in [0.4, 0.5) is 0 Å². The first-order valence-electron chi connectivity index (χ1n) is 6.24. The van der Waals surface area contributed by atoms with Gasteiger partial charge in [-0.1, -0.05) is 6.07 Å². The highest BCUT2D eigenvalue weighted by Crippen LogP contribution is 2.41. The molecule has 1 amide bonds. The molecule has 2 nitrogen and oxygen atoms in total. The third kappa shape index (κ3) is 2.88. The van der Waals surface area contributed by atoms with Crippen LogP contribution in [0.5, 0.6) is 0 Å². The summed E-state index contributed by atoms with van der Waals surface area (Å²) < 4.78 is 0. The fraction of sp³-hybridized carbons (Fsp3) is 0.357. The summed E-state index contributed by atoms with van der Waals surface area (Å²) in [7, 11) is 0. The molecule has 1 unspecified atom stereocenters. The highest BCUT2D eigenvalue weighted by atomic mass is 32.2. The topological polar surface area (TPSA) is 20.3 Å². The van der Waals surface area contributed by atoms with Gasteiger partial charge in [-0.05, 0) is 30.5 Å². The second-order valence-electron chi connectivity index (χ2n) is 4.51. The lowest BCUT2D eigenvalue weighted by Gasteiger charge is -2.22. The molecule has 1 saturated heterocycles. The summed E-state index contributed by atoms with van der Waals surface area (Å²) in [6.07, 6.45) is 0.541. The number of hydrogen-bond donors (Lipinski definition) is 0. The molecule has 19 heavy (non-hydrogen) atoms. The van der Waals surface area contributed by atoms with E-state index in [0.717, 1.165) is 17.2 Å². The molecule has 3 heterocycles. The van der Waals surface area contributed by atoms with Gasteiger partial charge < -0.3 is 4.90 Å². The summed E-state index contributed by atoms with van der Waals surface area (Å²) >= 11 is 5.34. The number of aryl methyl sites for hydroxylation is 1. The Bertz CT molecular complexity index is 561. The molecule has 1 aliphatic rings. The zero-order valence-electron chi connectivity index (χ0n) is 10.7. The summed E-state index contributed by atoms with van der Waals surface area (Å²) in [6.45, 7) is 2.99. The van der Waals surface area contributed by atoms with Crippen molar-refractivity contribution in [2.45, 2.75) is 18.7 Å². The second-order valence-corrected chi connectivity index (χ2v) is 8.05. The van der Waals surface area contributed by atoms with Crippen LogP contribution in [0.1, 0.15) is 20.0 Å². The van der Waals surface area contributed by atoms with Crippen molar-refractivity contribution >= 4 is 40.3 Å². The van der Waals surface area contributed by atoms with Crippen LogP contribution in [0.2, 0.25) is 0 Å². The van der Waals surface area contributed by atoms with Crippen LogP contribution in [0.25, 0.3) is 0 Å². The Morgan fingerprint density at radius 2 is 2.32 bits per heavy atom. The van der Waals surface area contributed by atoms with Gasteiger partial charge in [0.05, 0.1) is 6.42 Å². The highest BCUT2D eigenvalue weighted by Gasteiger charge is 2.31. The fourth-order valence-corrected chi connectivity index (χ4v) is 5.30. The minimum Gasteiger partial charge on any atom is -0.325 e. The van der Waals surface area contributed by atoms with Crippen LogP contribution in [0, 0.1) is 6.92 Å². The molecule has 3 rings (SSSR count). The van der Waals surface area contributed by atoms with Crippen molar-refractivity contribution in [1.29, 1.82) is 0 Å². The van der Waals surface area contributed by atoms with Gasteiger partial charge >= 0.3 is 0 Å². The normalized spacial score (nSPS) is 19.0. The van der Waals surface area contributed by atoms with Gasteiger partial charge in [-0.3, -0.25) is 4.79 Å². The van der Waals surface area contributed by atoms with E-state index in [0.29, 0.717) is 6.42 Å². The average Bonchev–Trinajstić information content (AvgIpc) is 3.07. The van der Waals surface area contributed by atoms with E-state index in [1.165, 1.54) is 9.75 Å². The summed E-state index contributed by atoms with van der Waals surface area (Å²) in [4.78, 5) is 18.2. The lowest BCUT2D eigenvalue weighted by molar-refractivity contribution is -0.130. The summed E-state index contributed by atoms with van der Waals surface area (Å²) in [5.74, 6) is 1.29. The van der Waals surface area contributed by atoms with Gasteiger partial charge in [0.1, 0.15) is 5.37 Å². The third-order valence-electron chi connectivity index (χ3n) is 3.12. The van der Waals surface area contributed by atoms with Crippen LogP contribution < -0.4 is 0 Å². The van der Waals surface area contributed by atoms with E-state index in [4.69, 9.17) is 0 Å².